The number of fused-ring (bicyclic) bond motifs is 1. The summed E-state index contributed by atoms with van der Waals surface area (Å²) in [6.45, 7) is 3.27. The molecule has 0 radical (unpaired) electrons. The maximum Gasteiger partial charge on any atom is 0.165 e. The van der Waals surface area contributed by atoms with E-state index in [0.717, 1.165) is 18.0 Å². The van der Waals surface area contributed by atoms with Gasteiger partial charge in [0.1, 0.15) is 0 Å². The first-order chi connectivity index (χ1) is 7.92. The average Bonchev–Trinajstić information content (AvgIpc) is 2.72. The first-order valence-electron chi connectivity index (χ1n) is 5.94. The molecule has 1 saturated heterocycles. The number of hydrogen-bond acceptors (Lipinski definition) is 3. The molecule has 2 aromatic rings. The van der Waals surface area contributed by atoms with E-state index in [4.69, 9.17) is 0 Å². The van der Waals surface area contributed by atoms with Crippen LogP contribution in [-0.2, 0) is 6.54 Å². The molecule has 2 aromatic heterocycles. The maximum absolute atomic E-state index is 4.52. The lowest BCUT2D eigenvalue weighted by Gasteiger charge is -2.24. The van der Waals surface area contributed by atoms with Gasteiger partial charge in [-0.05, 0) is 38.1 Å². The highest BCUT2D eigenvalue weighted by molar-refractivity contribution is 5.36. The molecule has 0 amide bonds. The standard InChI is InChI=1S/C12H16N4/c1-3-7-15(8-4-1)10-11-13-12-6-2-5-9-16(12)14-11/h2,5-6,9H,1,3-4,7-8,10H2. The van der Waals surface area contributed by atoms with Gasteiger partial charge in [-0.25, -0.2) is 9.50 Å². The molecule has 4 heteroatoms. The molecule has 3 heterocycles. The number of nitrogens with zero attached hydrogens (tertiary/aromatic N) is 4. The molecule has 4 nitrogen and oxygen atoms in total. The maximum atomic E-state index is 4.52. The van der Waals surface area contributed by atoms with Gasteiger partial charge in [0, 0.05) is 6.20 Å². The van der Waals surface area contributed by atoms with Gasteiger partial charge in [0.15, 0.2) is 11.5 Å². The lowest BCUT2D eigenvalue weighted by Crippen LogP contribution is -2.29. The highest BCUT2D eigenvalue weighted by Crippen LogP contribution is 2.11. The van der Waals surface area contributed by atoms with Crippen molar-refractivity contribution < 1.29 is 0 Å². The Morgan fingerprint density at radius 3 is 2.81 bits per heavy atom. The topological polar surface area (TPSA) is 33.4 Å². The third-order valence-corrected chi connectivity index (χ3v) is 3.10. The number of hydrogen-bond donors (Lipinski definition) is 0. The number of rotatable bonds is 2. The van der Waals surface area contributed by atoms with E-state index in [9.17, 15) is 0 Å². The van der Waals surface area contributed by atoms with Crippen molar-refractivity contribution in [2.75, 3.05) is 13.1 Å². The van der Waals surface area contributed by atoms with Gasteiger partial charge in [-0.15, -0.1) is 5.10 Å². The number of piperidine rings is 1. The summed E-state index contributed by atoms with van der Waals surface area (Å²) in [5.74, 6) is 0.938. The van der Waals surface area contributed by atoms with E-state index in [1.54, 1.807) is 0 Å². The lowest BCUT2D eigenvalue weighted by atomic mass is 10.1. The van der Waals surface area contributed by atoms with Gasteiger partial charge >= 0.3 is 0 Å². The van der Waals surface area contributed by atoms with Crippen molar-refractivity contribution in [1.29, 1.82) is 0 Å². The van der Waals surface area contributed by atoms with E-state index in [-0.39, 0.29) is 0 Å². The summed E-state index contributed by atoms with van der Waals surface area (Å²) >= 11 is 0. The second-order valence-electron chi connectivity index (χ2n) is 4.37. The zero-order valence-corrected chi connectivity index (χ0v) is 9.34. The van der Waals surface area contributed by atoms with Gasteiger partial charge < -0.3 is 0 Å². The predicted octanol–water partition coefficient (Wildman–Crippen LogP) is 1.72. The van der Waals surface area contributed by atoms with Gasteiger partial charge in [0.2, 0.25) is 0 Å². The van der Waals surface area contributed by atoms with Gasteiger partial charge in [-0.3, -0.25) is 4.90 Å². The van der Waals surface area contributed by atoms with Crippen LogP contribution in [0.1, 0.15) is 25.1 Å². The SMILES string of the molecule is c1ccn2nc(CN3CCCCC3)nc2c1. The minimum atomic E-state index is 0.891. The van der Waals surface area contributed by atoms with Gasteiger partial charge in [-0.1, -0.05) is 12.5 Å². The highest BCUT2D eigenvalue weighted by Gasteiger charge is 2.12. The molecule has 1 aliphatic heterocycles. The van der Waals surface area contributed by atoms with Crippen molar-refractivity contribution in [3.63, 3.8) is 0 Å². The Kier molecular flexibility index (Phi) is 2.58. The van der Waals surface area contributed by atoms with Crippen LogP contribution in [0.2, 0.25) is 0 Å². The Morgan fingerprint density at radius 2 is 2.00 bits per heavy atom. The molecular weight excluding hydrogens is 200 g/mol. The molecule has 0 aliphatic carbocycles. The molecule has 16 heavy (non-hydrogen) atoms. The molecule has 0 atom stereocenters. The van der Waals surface area contributed by atoms with Crippen LogP contribution in [0.15, 0.2) is 24.4 Å². The van der Waals surface area contributed by atoms with Crippen molar-refractivity contribution in [2.45, 2.75) is 25.8 Å². The Labute approximate surface area is 94.9 Å². The summed E-state index contributed by atoms with van der Waals surface area (Å²) < 4.78 is 1.85. The fourth-order valence-corrected chi connectivity index (χ4v) is 2.26. The van der Waals surface area contributed by atoms with E-state index in [1.807, 2.05) is 28.9 Å². The molecule has 1 aliphatic rings. The molecular formula is C12H16N4. The quantitative estimate of drug-likeness (QED) is 0.766. The van der Waals surface area contributed by atoms with Crippen molar-refractivity contribution in [3.8, 4) is 0 Å². The minimum absolute atomic E-state index is 0.891. The smallest absolute Gasteiger partial charge is 0.165 e. The minimum Gasteiger partial charge on any atom is -0.296 e. The first kappa shape index (κ1) is 9.78. The van der Waals surface area contributed by atoms with E-state index >= 15 is 0 Å². The number of pyridine rings is 1. The summed E-state index contributed by atoms with van der Waals surface area (Å²) in [5, 5.41) is 4.47. The van der Waals surface area contributed by atoms with Gasteiger partial charge in [0.25, 0.3) is 0 Å². The van der Waals surface area contributed by atoms with Crippen molar-refractivity contribution in [2.24, 2.45) is 0 Å². The molecule has 0 spiro atoms. The fourth-order valence-electron chi connectivity index (χ4n) is 2.26. The van der Waals surface area contributed by atoms with E-state index in [1.165, 1.54) is 32.4 Å². The second kappa shape index (κ2) is 4.22. The lowest BCUT2D eigenvalue weighted by molar-refractivity contribution is 0.216. The average molecular weight is 216 g/mol. The third-order valence-electron chi connectivity index (χ3n) is 3.10. The second-order valence-corrected chi connectivity index (χ2v) is 4.37. The largest absolute Gasteiger partial charge is 0.296 e. The highest BCUT2D eigenvalue weighted by atomic mass is 15.3. The van der Waals surface area contributed by atoms with Crippen molar-refractivity contribution >= 4 is 5.65 Å². The fraction of sp³-hybridized carbons (Fsp3) is 0.500. The van der Waals surface area contributed by atoms with Crippen LogP contribution in [0.3, 0.4) is 0 Å². The summed E-state index contributed by atoms with van der Waals surface area (Å²) in [6.07, 6.45) is 5.94. The summed E-state index contributed by atoms with van der Waals surface area (Å²) in [6, 6.07) is 5.97. The number of aromatic nitrogens is 3. The molecule has 0 unspecified atom stereocenters. The molecule has 0 N–H and O–H groups in total. The van der Waals surface area contributed by atoms with Gasteiger partial charge in [0.05, 0.1) is 6.54 Å². The molecule has 1 fully saturated rings. The zero-order chi connectivity index (χ0) is 10.8. The Hall–Kier alpha value is -1.42. The van der Waals surface area contributed by atoms with Gasteiger partial charge in [-0.2, -0.15) is 0 Å². The van der Waals surface area contributed by atoms with Crippen molar-refractivity contribution in [1.82, 2.24) is 19.5 Å². The molecule has 3 rings (SSSR count). The van der Waals surface area contributed by atoms with Crippen LogP contribution in [-0.4, -0.2) is 32.6 Å². The number of likely N-dealkylation sites (tertiary alicyclic amines) is 1. The van der Waals surface area contributed by atoms with Crippen LogP contribution in [0.25, 0.3) is 5.65 Å². The van der Waals surface area contributed by atoms with Crippen LogP contribution >= 0.6 is 0 Å². The first-order valence-corrected chi connectivity index (χ1v) is 5.94. The Bertz CT molecular complexity index is 438. The normalized spacial score (nSPS) is 18.0. The van der Waals surface area contributed by atoms with Crippen LogP contribution in [0.5, 0.6) is 0 Å². The molecule has 0 aromatic carbocycles. The monoisotopic (exact) mass is 216 g/mol. The summed E-state index contributed by atoms with van der Waals surface area (Å²) in [7, 11) is 0. The van der Waals surface area contributed by atoms with Crippen LogP contribution in [0, 0.1) is 0 Å². The predicted molar refractivity (Wildman–Crippen MR) is 62.1 cm³/mol. The summed E-state index contributed by atoms with van der Waals surface area (Å²) in [4.78, 5) is 6.96. The van der Waals surface area contributed by atoms with E-state index in [0.29, 0.717) is 0 Å². The van der Waals surface area contributed by atoms with E-state index < -0.39 is 0 Å². The molecule has 84 valence electrons. The van der Waals surface area contributed by atoms with Crippen LogP contribution in [0.4, 0.5) is 0 Å². The zero-order valence-electron chi connectivity index (χ0n) is 9.34. The Morgan fingerprint density at radius 1 is 1.12 bits per heavy atom. The molecule has 0 saturated carbocycles. The summed E-state index contributed by atoms with van der Waals surface area (Å²) in [5.41, 5.74) is 0.939. The van der Waals surface area contributed by atoms with E-state index in [2.05, 4.69) is 15.0 Å². The molecule has 0 bridgehead atoms. The third kappa shape index (κ3) is 1.93. The van der Waals surface area contributed by atoms with Crippen LogP contribution < -0.4 is 0 Å². The Balaban J connectivity index is 1.78. The van der Waals surface area contributed by atoms with Crippen molar-refractivity contribution in [3.05, 3.63) is 30.2 Å².